The van der Waals surface area contributed by atoms with Crippen LogP contribution in [0.4, 0.5) is 0 Å². The summed E-state index contributed by atoms with van der Waals surface area (Å²) in [6.07, 6.45) is 0.846. The van der Waals surface area contributed by atoms with Crippen LogP contribution in [0, 0.1) is 5.92 Å². The molecule has 2 aromatic rings. The molecule has 39 heavy (non-hydrogen) atoms. The molecule has 4 aliphatic heterocycles. The number of nitrogens with one attached hydrogen (secondary N) is 2. The number of ether oxygens (including phenoxy) is 5. The molecule has 0 unspecified atom stereocenters. The van der Waals surface area contributed by atoms with Gasteiger partial charge in [-0.25, -0.2) is 0 Å². The summed E-state index contributed by atoms with van der Waals surface area (Å²) in [5, 5.41) is 5.86. The van der Waals surface area contributed by atoms with Gasteiger partial charge in [-0.3, -0.25) is 14.4 Å². The molecule has 2 fully saturated rings. The SMILES string of the molecule is COc1ccc2cc1OCC(=O)NCc1ccc(c(OC)c1)O[C@H]1CN(C(=O)C3CCOCC3)C[C@@H]1NC2=O. The number of likely N-dealkylation sites (tertiary alicyclic amines) is 1. The average molecular weight is 540 g/mol. The maximum atomic E-state index is 13.4. The molecule has 2 atom stereocenters. The zero-order valence-electron chi connectivity index (χ0n) is 22.1. The highest BCUT2D eigenvalue weighted by atomic mass is 16.5. The Bertz CT molecular complexity index is 1230. The van der Waals surface area contributed by atoms with Crippen molar-refractivity contribution < 1.29 is 38.1 Å². The van der Waals surface area contributed by atoms with E-state index in [-0.39, 0.29) is 42.5 Å². The summed E-state index contributed by atoms with van der Waals surface area (Å²) < 4.78 is 28.4. The largest absolute Gasteiger partial charge is 0.493 e. The summed E-state index contributed by atoms with van der Waals surface area (Å²) in [6.45, 7) is 1.76. The highest BCUT2D eigenvalue weighted by Crippen LogP contribution is 2.32. The van der Waals surface area contributed by atoms with Crippen LogP contribution in [0.1, 0.15) is 28.8 Å². The van der Waals surface area contributed by atoms with Gasteiger partial charge in [0.05, 0.1) is 26.8 Å². The molecule has 0 saturated carbocycles. The lowest BCUT2D eigenvalue weighted by Gasteiger charge is -2.26. The van der Waals surface area contributed by atoms with Crippen LogP contribution >= 0.6 is 0 Å². The molecule has 4 heterocycles. The van der Waals surface area contributed by atoms with Gasteiger partial charge in [-0.05, 0) is 48.7 Å². The summed E-state index contributed by atoms with van der Waals surface area (Å²) in [5.41, 5.74) is 1.13. The van der Waals surface area contributed by atoms with Gasteiger partial charge in [-0.1, -0.05) is 6.07 Å². The zero-order valence-corrected chi connectivity index (χ0v) is 22.1. The Kier molecular flexibility index (Phi) is 8.06. The second-order valence-corrected chi connectivity index (χ2v) is 9.78. The van der Waals surface area contributed by atoms with E-state index < -0.39 is 12.1 Å². The van der Waals surface area contributed by atoms with E-state index >= 15 is 0 Å². The van der Waals surface area contributed by atoms with Crippen LogP contribution in [0.15, 0.2) is 36.4 Å². The van der Waals surface area contributed by atoms with Crippen LogP contribution in [-0.2, 0) is 20.9 Å². The van der Waals surface area contributed by atoms with Gasteiger partial charge in [0.25, 0.3) is 11.8 Å². The molecule has 11 nitrogen and oxygen atoms in total. The third-order valence-electron chi connectivity index (χ3n) is 7.25. The first-order chi connectivity index (χ1) is 18.9. The van der Waals surface area contributed by atoms with Gasteiger partial charge in [-0.15, -0.1) is 0 Å². The minimum absolute atomic E-state index is 0.0454. The first-order valence-electron chi connectivity index (χ1n) is 13.0. The number of amides is 3. The van der Waals surface area contributed by atoms with Crippen molar-refractivity contribution >= 4 is 17.7 Å². The number of methoxy groups -OCH3 is 2. The van der Waals surface area contributed by atoms with Crippen molar-refractivity contribution in [2.24, 2.45) is 5.92 Å². The normalized spacial score (nSPS) is 22.1. The van der Waals surface area contributed by atoms with Crippen molar-refractivity contribution in [2.75, 3.05) is 47.1 Å². The first-order valence-corrected chi connectivity index (χ1v) is 13.0. The fourth-order valence-corrected chi connectivity index (χ4v) is 5.07. The molecule has 0 spiro atoms. The van der Waals surface area contributed by atoms with Crippen molar-refractivity contribution in [3.63, 3.8) is 0 Å². The Morgan fingerprint density at radius 1 is 0.974 bits per heavy atom. The highest BCUT2D eigenvalue weighted by molar-refractivity contribution is 5.95. The first kappa shape index (κ1) is 26.6. The van der Waals surface area contributed by atoms with E-state index in [4.69, 9.17) is 23.7 Å². The summed E-state index contributed by atoms with van der Waals surface area (Å²) in [5.74, 6) is 0.874. The highest BCUT2D eigenvalue weighted by Gasteiger charge is 2.40. The Morgan fingerprint density at radius 2 is 1.77 bits per heavy atom. The number of carbonyl (C=O) groups excluding carboxylic acids is 3. The van der Waals surface area contributed by atoms with Crippen LogP contribution in [0.5, 0.6) is 23.0 Å². The van der Waals surface area contributed by atoms with Crippen molar-refractivity contribution in [2.45, 2.75) is 31.5 Å². The maximum absolute atomic E-state index is 13.4. The van der Waals surface area contributed by atoms with Gasteiger partial charge in [0.1, 0.15) is 6.10 Å². The van der Waals surface area contributed by atoms with Crippen molar-refractivity contribution in [1.29, 1.82) is 0 Å². The third kappa shape index (κ3) is 6.03. The lowest BCUT2D eigenvalue weighted by molar-refractivity contribution is -0.137. The molecule has 0 radical (unpaired) electrons. The Balaban J connectivity index is 1.46. The molecule has 3 amide bonds. The molecule has 0 aromatic heterocycles. The molecule has 2 saturated heterocycles. The van der Waals surface area contributed by atoms with Crippen molar-refractivity contribution in [3.8, 4) is 23.0 Å². The molecule has 2 N–H and O–H groups in total. The van der Waals surface area contributed by atoms with E-state index in [9.17, 15) is 14.4 Å². The molecule has 6 rings (SSSR count). The van der Waals surface area contributed by atoms with E-state index in [0.717, 1.165) is 5.56 Å². The molecule has 208 valence electrons. The maximum Gasteiger partial charge on any atom is 0.258 e. The standard InChI is InChI=1S/C28H33N3O8/c1-35-21-6-4-19-12-24(21)38-16-26(32)29-13-17-3-5-22(23(11-17)36-2)39-25-15-31(14-20(25)30-27(19)33)28(34)18-7-9-37-10-8-18/h3-6,11-12,18,20,25H,7-10,13-16H2,1-2H3,(H,29,32)(H,30,33)/t20-,25-/m0/s1. The van der Waals surface area contributed by atoms with E-state index in [0.29, 0.717) is 62.0 Å². The van der Waals surface area contributed by atoms with Crippen LogP contribution in [0.3, 0.4) is 0 Å². The number of nitrogens with zero attached hydrogens (tertiary/aromatic N) is 1. The van der Waals surface area contributed by atoms with Gasteiger partial charge in [0.2, 0.25) is 5.91 Å². The van der Waals surface area contributed by atoms with Gasteiger partial charge < -0.3 is 39.2 Å². The van der Waals surface area contributed by atoms with E-state index in [1.165, 1.54) is 20.3 Å². The Labute approximate surface area is 226 Å². The topological polar surface area (TPSA) is 125 Å². The van der Waals surface area contributed by atoms with Gasteiger partial charge in [0, 0.05) is 37.8 Å². The second kappa shape index (κ2) is 11.8. The molecular weight excluding hydrogens is 506 g/mol. The number of carbonyl (C=O) groups is 3. The Hall–Kier alpha value is -3.99. The molecule has 0 aliphatic carbocycles. The summed E-state index contributed by atoms with van der Waals surface area (Å²) in [4.78, 5) is 40.9. The molecule has 2 aromatic carbocycles. The average Bonchev–Trinajstić information content (AvgIpc) is 3.36. The number of hydrogen-bond acceptors (Lipinski definition) is 8. The van der Waals surface area contributed by atoms with Gasteiger partial charge in [0.15, 0.2) is 29.6 Å². The second-order valence-electron chi connectivity index (χ2n) is 9.78. The van der Waals surface area contributed by atoms with Crippen LogP contribution < -0.4 is 29.6 Å². The van der Waals surface area contributed by atoms with Gasteiger partial charge >= 0.3 is 0 Å². The van der Waals surface area contributed by atoms with Crippen LogP contribution in [0.25, 0.3) is 0 Å². The molecule has 11 heteroatoms. The van der Waals surface area contributed by atoms with Crippen molar-refractivity contribution in [3.05, 3.63) is 47.5 Å². The summed E-state index contributed by atoms with van der Waals surface area (Å²) in [6, 6.07) is 9.68. The summed E-state index contributed by atoms with van der Waals surface area (Å²) >= 11 is 0. The third-order valence-corrected chi connectivity index (χ3v) is 7.25. The van der Waals surface area contributed by atoms with Gasteiger partial charge in [-0.2, -0.15) is 0 Å². The number of fused-ring (bicyclic) bond motifs is 7. The number of hydrogen-bond donors (Lipinski definition) is 2. The van der Waals surface area contributed by atoms with Crippen LogP contribution in [0.2, 0.25) is 0 Å². The number of benzene rings is 2. The minimum atomic E-state index is -0.512. The zero-order chi connectivity index (χ0) is 27.4. The van der Waals surface area contributed by atoms with Crippen molar-refractivity contribution in [1.82, 2.24) is 15.5 Å². The molecule has 4 bridgehead atoms. The molecular formula is C28H33N3O8. The smallest absolute Gasteiger partial charge is 0.258 e. The lowest BCUT2D eigenvalue weighted by Crippen LogP contribution is -2.45. The minimum Gasteiger partial charge on any atom is -0.493 e. The predicted octanol–water partition coefficient (Wildman–Crippen LogP) is 1.53. The quantitative estimate of drug-likeness (QED) is 0.602. The van der Waals surface area contributed by atoms with Crippen LogP contribution in [-0.4, -0.2) is 81.9 Å². The number of rotatable bonds is 3. The fraction of sp³-hybridized carbons (Fsp3) is 0.464. The summed E-state index contributed by atoms with van der Waals surface area (Å²) in [7, 11) is 3.02. The fourth-order valence-electron chi connectivity index (χ4n) is 5.07. The van der Waals surface area contributed by atoms with E-state index in [2.05, 4.69) is 10.6 Å². The van der Waals surface area contributed by atoms with E-state index in [1.54, 1.807) is 29.2 Å². The molecule has 4 aliphatic rings. The lowest BCUT2D eigenvalue weighted by atomic mass is 9.99. The Morgan fingerprint density at radius 3 is 2.54 bits per heavy atom. The monoisotopic (exact) mass is 539 g/mol. The predicted molar refractivity (Wildman–Crippen MR) is 139 cm³/mol. The van der Waals surface area contributed by atoms with E-state index in [1.807, 2.05) is 6.07 Å².